The fourth-order valence-electron chi connectivity index (χ4n) is 3.12. The molecule has 13 heteroatoms. The Morgan fingerprint density at radius 2 is 1.77 bits per heavy atom. The van der Waals surface area contributed by atoms with Gasteiger partial charge in [-0.1, -0.05) is 11.6 Å². The van der Waals surface area contributed by atoms with Gasteiger partial charge in [-0.25, -0.2) is 23.1 Å². The van der Waals surface area contributed by atoms with Crippen molar-refractivity contribution < 1.29 is 27.5 Å². The number of halogens is 1. The van der Waals surface area contributed by atoms with Crippen molar-refractivity contribution in [2.24, 2.45) is 0 Å². The summed E-state index contributed by atoms with van der Waals surface area (Å²) in [6.07, 6.45) is 1.48. The van der Waals surface area contributed by atoms with Crippen LogP contribution in [0.2, 0.25) is 0 Å². The van der Waals surface area contributed by atoms with Crippen molar-refractivity contribution in [3.05, 3.63) is 76.4 Å². The van der Waals surface area contributed by atoms with E-state index in [0.717, 1.165) is 16.2 Å². The summed E-state index contributed by atoms with van der Waals surface area (Å²) in [5, 5.41) is 4.32. The van der Waals surface area contributed by atoms with E-state index in [-0.39, 0.29) is 38.6 Å². The predicted molar refractivity (Wildman–Crippen MR) is 131 cm³/mol. The van der Waals surface area contributed by atoms with Crippen molar-refractivity contribution in [3.8, 4) is 0 Å². The van der Waals surface area contributed by atoms with Gasteiger partial charge in [-0.05, 0) is 55.5 Å². The molecular weight excluding hydrogens is 516 g/mol. The Hall–Kier alpha value is -3.74. The molecule has 4 rings (SSSR count). The lowest BCUT2D eigenvalue weighted by atomic mass is 10.2. The number of thiazole rings is 1. The third-order valence-corrected chi connectivity index (χ3v) is 7.28. The number of esters is 1. The SMILES string of the molecule is CCOC(=O)c1ccc(N2C(=O)C(Cl)=C(Nc3ccc(S(=O)(=O)Nc4nccs4)cc3)C2=O)cc1. The maximum Gasteiger partial charge on any atom is 0.338 e. The van der Waals surface area contributed by atoms with Crippen LogP contribution in [0, 0.1) is 0 Å². The summed E-state index contributed by atoms with van der Waals surface area (Å²) < 4.78 is 32.2. The molecule has 180 valence electrons. The van der Waals surface area contributed by atoms with E-state index in [2.05, 4.69) is 15.0 Å². The monoisotopic (exact) mass is 532 g/mol. The van der Waals surface area contributed by atoms with Crippen molar-refractivity contribution in [2.45, 2.75) is 11.8 Å². The Morgan fingerprint density at radius 3 is 2.37 bits per heavy atom. The average Bonchev–Trinajstić information content (AvgIpc) is 3.41. The van der Waals surface area contributed by atoms with Crippen LogP contribution in [-0.2, 0) is 24.3 Å². The molecule has 10 nitrogen and oxygen atoms in total. The predicted octanol–water partition coefficient (Wildman–Crippen LogP) is 3.56. The van der Waals surface area contributed by atoms with E-state index in [1.165, 1.54) is 54.7 Å². The van der Waals surface area contributed by atoms with Gasteiger partial charge in [-0.3, -0.25) is 14.3 Å². The standard InChI is InChI=1S/C22H17ClN4O6S2/c1-2-33-21(30)13-3-7-15(8-4-13)27-19(28)17(23)18(20(27)29)25-14-5-9-16(10-6-14)35(31,32)26-22-24-11-12-34-22/h3-12,25H,2H2,1H3,(H,24,26). The lowest BCUT2D eigenvalue weighted by Gasteiger charge is -2.15. The second-order valence-electron chi connectivity index (χ2n) is 6.99. The van der Waals surface area contributed by atoms with E-state index < -0.39 is 27.8 Å². The molecular formula is C22H17ClN4O6S2. The minimum Gasteiger partial charge on any atom is -0.462 e. The molecule has 0 spiro atoms. The number of aromatic nitrogens is 1. The van der Waals surface area contributed by atoms with Crippen LogP contribution in [0.25, 0.3) is 0 Å². The Kier molecular flexibility index (Phi) is 6.87. The maximum atomic E-state index is 13.0. The number of imide groups is 1. The van der Waals surface area contributed by atoms with Gasteiger partial charge in [-0.15, -0.1) is 11.3 Å². The molecule has 0 radical (unpaired) electrons. The number of anilines is 3. The number of ether oxygens (including phenoxy) is 1. The van der Waals surface area contributed by atoms with Crippen LogP contribution < -0.4 is 14.9 Å². The van der Waals surface area contributed by atoms with Crippen LogP contribution >= 0.6 is 22.9 Å². The number of sulfonamides is 1. The normalized spacial score (nSPS) is 13.8. The van der Waals surface area contributed by atoms with Crippen LogP contribution in [-0.4, -0.2) is 37.8 Å². The molecule has 0 atom stereocenters. The van der Waals surface area contributed by atoms with Crippen LogP contribution in [0.15, 0.2) is 75.7 Å². The van der Waals surface area contributed by atoms with Gasteiger partial charge in [0, 0.05) is 17.3 Å². The van der Waals surface area contributed by atoms with E-state index in [1.807, 2.05) is 0 Å². The largest absolute Gasteiger partial charge is 0.462 e. The van der Waals surface area contributed by atoms with E-state index in [0.29, 0.717) is 5.69 Å². The first kappa shape index (κ1) is 24.4. The molecule has 2 amide bonds. The van der Waals surface area contributed by atoms with E-state index in [9.17, 15) is 22.8 Å². The number of nitrogens with one attached hydrogen (secondary N) is 2. The van der Waals surface area contributed by atoms with Gasteiger partial charge in [0.2, 0.25) is 0 Å². The van der Waals surface area contributed by atoms with Crippen LogP contribution in [0.3, 0.4) is 0 Å². The molecule has 1 aromatic heterocycles. The Balaban J connectivity index is 1.49. The topological polar surface area (TPSA) is 135 Å². The molecule has 0 aliphatic carbocycles. The first-order valence-corrected chi connectivity index (χ1v) is 12.8. The minimum absolute atomic E-state index is 0.0181. The van der Waals surface area contributed by atoms with Gasteiger partial charge >= 0.3 is 5.97 Å². The number of benzene rings is 2. The minimum atomic E-state index is -3.85. The number of carbonyl (C=O) groups is 3. The summed E-state index contributed by atoms with van der Waals surface area (Å²) in [5.41, 5.74) is 0.666. The van der Waals surface area contributed by atoms with Crippen molar-refractivity contribution >= 4 is 67.3 Å². The molecule has 0 saturated carbocycles. The fraction of sp³-hybridized carbons (Fsp3) is 0.0909. The number of hydrogen-bond donors (Lipinski definition) is 2. The number of hydrogen-bond acceptors (Lipinski definition) is 9. The molecule has 35 heavy (non-hydrogen) atoms. The molecule has 0 unspecified atom stereocenters. The first-order chi connectivity index (χ1) is 16.7. The molecule has 0 saturated heterocycles. The van der Waals surface area contributed by atoms with Crippen molar-refractivity contribution in [3.63, 3.8) is 0 Å². The van der Waals surface area contributed by atoms with Gasteiger partial charge in [-0.2, -0.15) is 0 Å². The zero-order valence-electron chi connectivity index (χ0n) is 18.0. The highest BCUT2D eigenvalue weighted by molar-refractivity contribution is 7.93. The van der Waals surface area contributed by atoms with E-state index in [4.69, 9.17) is 16.3 Å². The Bertz CT molecular complexity index is 1420. The van der Waals surface area contributed by atoms with Gasteiger partial charge in [0.05, 0.1) is 22.8 Å². The van der Waals surface area contributed by atoms with Crippen molar-refractivity contribution in [1.82, 2.24) is 4.98 Å². The zero-order valence-corrected chi connectivity index (χ0v) is 20.4. The number of amides is 2. The first-order valence-electron chi connectivity index (χ1n) is 10.1. The zero-order chi connectivity index (χ0) is 25.2. The van der Waals surface area contributed by atoms with Crippen LogP contribution in [0.5, 0.6) is 0 Å². The highest BCUT2D eigenvalue weighted by atomic mass is 35.5. The summed E-state index contributed by atoms with van der Waals surface area (Å²) in [4.78, 5) is 42.2. The molecule has 0 fully saturated rings. The van der Waals surface area contributed by atoms with Gasteiger partial charge < -0.3 is 10.1 Å². The summed E-state index contributed by atoms with van der Waals surface area (Å²) >= 11 is 7.28. The quantitative estimate of drug-likeness (QED) is 0.332. The lowest BCUT2D eigenvalue weighted by Crippen LogP contribution is -2.32. The lowest BCUT2D eigenvalue weighted by molar-refractivity contribution is -0.120. The summed E-state index contributed by atoms with van der Waals surface area (Å²) in [6, 6.07) is 11.3. The highest BCUT2D eigenvalue weighted by Gasteiger charge is 2.39. The number of nitrogens with zero attached hydrogens (tertiary/aromatic N) is 2. The molecule has 2 aromatic carbocycles. The summed E-state index contributed by atoms with van der Waals surface area (Å²) in [5.74, 6) is -1.97. The smallest absolute Gasteiger partial charge is 0.338 e. The van der Waals surface area contributed by atoms with Crippen LogP contribution in [0.1, 0.15) is 17.3 Å². The molecule has 2 N–H and O–H groups in total. The van der Waals surface area contributed by atoms with Crippen LogP contribution in [0.4, 0.5) is 16.5 Å². The molecule has 2 heterocycles. The Morgan fingerprint density at radius 1 is 1.09 bits per heavy atom. The van der Waals surface area contributed by atoms with Crippen molar-refractivity contribution in [2.75, 3.05) is 21.5 Å². The van der Waals surface area contributed by atoms with Gasteiger partial charge in [0.1, 0.15) is 10.7 Å². The van der Waals surface area contributed by atoms with Crippen molar-refractivity contribution in [1.29, 1.82) is 0 Å². The molecule has 0 bridgehead atoms. The van der Waals surface area contributed by atoms with E-state index >= 15 is 0 Å². The maximum absolute atomic E-state index is 13.0. The second-order valence-corrected chi connectivity index (χ2v) is 9.95. The molecule has 3 aromatic rings. The summed E-state index contributed by atoms with van der Waals surface area (Å²) in [6.45, 7) is 1.90. The molecule has 1 aliphatic rings. The Labute approximate surface area is 209 Å². The van der Waals surface area contributed by atoms with Gasteiger partial charge in [0.15, 0.2) is 5.13 Å². The fourth-order valence-corrected chi connectivity index (χ4v) is 5.12. The third-order valence-electron chi connectivity index (χ3n) is 4.75. The van der Waals surface area contributed by atoms with E-state index in [1.54, 1.807) is 12.3 Å². The third kappa shape index (κ3) is 5.04. The number of carbonyl (C=O) groups excluding carboxylic acids is 3. The van der Waals surface area contributed by atoms with Gasteiger partial charge in [0.25, 0.3) is 21.8 Å². The number of rotatable bonds is 8. The second kappa shape index (κ2) is 9.86. The average molecular weight is 533 g/mol. The molecule has 1 aliphatic heterocycles. The summed E-state index contributed by atoms with van der Waals surface area (Å²) in [7, 11) is -3.85. The highest BCUT2D eigenvalue weighted by Crippen LogP contribution is 2.30.